The number of esters is 4. The van der Waals surface area contributed by atoms with Crippen molar-refractivity contribution in [3.63, 3.8) is 0 Å². The Morgan fingerprint density at radius 1 is 0.607 bits per heavy atom. The summed E-state index contributed by atoms with van der Waals surface area (Å²) in [4.78, 5) is 46.8. The molecule has 10 N–H and O–H groups in total. The van der Waals surface area contributed by atoms with E-state index in [-0.39, 0.29) is 12.8 Å². The average molecular weight is 403 g/mol. The van der Waals surface area contributed by atoms with Crippen LogP contribution < -0.4 is 28.7 Å². The smallest absolute Gasteiger partial charge is 0.330 e. The number of carbonyl (C=O) groups excluding carboxylic acids is 4. The molecule has 162 valence electrons. The minimum atomic E-state index is -1.24. The van der Waals surface area contributed by atoms with Crippen molar-refractivity contribution < 1.29 is 28.7 Å². The molecule has 0 amide bonds. The van der Waals surface area contributed by atoms with E-state index in [1.54, 1.807) is 0 Å². The fourth-order valence-corrected chi connectivity index (χ4v) is 2.13. The predicted molar refractivity (Wildman–Crippen MR) is 101 cm³/mol. The Morgan fingerprint density at radius 2 is 1.00 bits per heavy atom. The van der Waals surface area contributed by atoms with Crippen molar-refractivity contribution in [3.05, 3.63) is 0 Å². The van der Waals surface area contributed by atoms with E-state index in [9.17, 15) is 19.2 Å². The van der Waals surface area contributed by atoms with E-state index < -0.39 is 42.0 Å². The lowest BCUT2D eigenvalue weighted by molar-refractivity contribution is -0.161. The summed E-state index contributed by atoms with van der Waals surface area (Å²) in [6, 6.07) is -3.11. The van der Waals surface area contributed by atoms with Gasteiger partial charge in [-0.25, -0.2) is 14.4 Å². The maximum atomic E-state index is 11.8. The topological polar surface area (TPSA) is 217 Å². The fourth-order valence-electron chi connectivity index (χ4n) is 2.13. The summed E-state index contributed by atoms with van der Waals surface area (Å²) in [6.07, 6.45) is 2.88. The molecule has 0 spiro atoms. The second-order valence-electron chi connectivity index (χ2n) is 6.46. The number of nitrogens with two attached hydrogens (primary N) is 5. The van der Waals surface area contributed by atoms with E-state index in [1.165, 1.54) is 0 Å². The normalized spacial score (nSPS) is 14.0. The van der Waals surface area contributed by atoms with Crippen LogP contribution in [-0.2, 0) is 28.7 Å². The van der Waals surface area contributed by atoms with Crippen molar-refractivity contribution in [1.82, 2.24) is 0 Å². The van der Waals surface area contributed by atoms with Crippen LogP contribution >= 0.6 is 0 Å². The SMILES string of the molecule is NCCCC[C@@H](N)C(=O)OC(=O)CC[C@@H](N)C(=O)OC(=O)[C@H](N)CCCCN. The molecule has 0 aromatic carbocycles. The van der Waals surface area contributed by atoms with Crippen molar-refractivity contribution in [2.75, 3.05) is 13.1 Å². The lowest BCUT2D eigenvalue weighted by atomic mass is 10.1. The fraction of sp³-hybridized carbons (Fsp3) is 0.765. The highest BCUT2D eigenvalue weighted by Gasteiger charge is 2.25. The molecule has 0 saturated heterocycles. The highest BCUT2D eigenvalue weighted by Crippen LogP contribution is 2.05. The summed E-state index contributed by atoms with van der Waals surface area (Å²) in [5.74, 6) is -3.61. The summed E-state index contributed by atoms with van der Waals surface area (Å²) in [6.45, 7) is 0.957. The number of carbonyl (C=O) groups is 4. The second kappa shape index (κ2) is 15.1. The van der Waals surface area contributed by atoms with Crippen LogP contribution in [0.15, 0.2) is 0 Å². The van der Waals surface area contributed by atoms with Crippen LogP contribution in [0.1, 0.15) is 51.4 Å². The Labute approximate surface area is 164 Å². The lowest BCUT2D eigenvalue weighted by Gasteiger charge is -2.13. The Morgan fingerprint density at radius 3 is 1.43 bits per heavy atom. The molecule has 0 saturated carbocycles. The van der Waals surface area contributed by atoms with Gasteiger partial charge in [0.2, 0.25) is 0 Å². The second-order valence-corrected chi connectivity index (χ2v) is 6.46. The monoisotopic (exact) mass is 403 g/mol. The molecule has 11 heteroatoms. The van der Waals surface area contributed by atoms with E-state index in [1.807, 2.05) is 0 Å². The molecule has 0 radical (unpaired) electrons. The summed E-state index contributed by atoms with van der Waals surface area (Å²) in [5, 5.41) is 0. The molecule has 11 nitrogen and oxygen atoms in total. The Hall–Kier alpha value is -1.92. The van der Waals surface area contributed by atoms with Gasteiger partial charge in [-0.1, -0.05) is 12.8 Å². The standard InChI is InChI=1S/C17H33N5O6/c18-9-3-1-5-11(20)15(24)27-14(23)8-7-13(22)17(26)28-16(25)12(21)6-2-4-10-19/h11-13H,1-10,18-22H2/t11-,12-,13-/m1/s1. The van der Waals surface area contributed by atoms with Gasteiger partial charge in [-0.3, -0.25) is 4.79 Å². The van der Waals surface area contributed by atoms with Gasteiger partial charge >= 0.3 is 23.9 Å². The highest BCUT2D eigenvalue weighted by atomic mass is 16.6. The van der Waals surface area contributed by atoms with Crippen molar-refractivity contribution in [3.8, 4) is 0 Å². The third kappa shape index (κ3) is 11.7. The van der Waals surface area contributed by atoms with E-state index in [2.05, 4.69) is 9.47 Å². The molecule has 0 fully saturated rings. The molecule has 0 unspecified atom stereocenters. The van der Waals surface area contributed by atoms with Crippen LogP contribution in [0, 0.1) is 0 Å². The molecule has 0 aromatic rings. The van der Waals surface area contributed by atoms with Crippen molar-refractivity contribution in [2.24, 2.45) is 28.7 Å². The van der Waals surface area contributed by atoms with E-state index >= 15 is 0 Å². The summed E-state index contributed by atoms with van der Waals surface area (Å²) in [7, 11) is 0. The molecular formula is C17H33N5O6. The van der Waals surface area contributed by atoms with E-state index in [4.69, 9.17) is 28.7 Å². The van der Waals surface area contributed by atoms with Crippen LogP contribution in [0.25, 0.3) is 0 Å². The highest BCUT2D eigenvalue weighted by molar-refractivity contribution is 5.91. The van der Waals surface area contributed by atoms with Crippen molar-refractivity contribution in [2.45, 2.75) is 69.5 Å². The van der Waals surface area contributed by atoms with Gasteiger partial charge in [-0.05, 0) is 45.2 Å². The van der Waals surface area contributed by atoms with Gasteiger partial charge in [0.15, 0.2) is 0 Å². The molecule has 0 aromatic heterocycles. The maximum absolute atomic E-state index is 11.8. The van der Waals surface area contributed by atoms with Gasteiger partial charge in [-0.2, -0.15) is 0 Å². The molecular weight excluding hydrogens is 370 g/mol. The van der Waals surface area contributed by atoms with Crippen LogP contribution in [0.3, 0.4) is 0 Å². The van der Waals surface area contributed by atoms with Crippen molar-refractivity contribution >= 4 is 23.9 Å². The Bertz CT molecular complexity index is 516. The van der Waals surface area contributed by atoms with Gasteiger partial charge < -0.3 is 38.1 Å². The van der Waals surface area contributed by atoms with E-state index in [0.717, 1.165) is 0 Å². The first-order valence-electron chi connectivity index (χ1n) is 9.39. The zero-order valence-electron chi connectivity index (χ0n) is 16.1. The summed E-state index contributed by atoms with van der Waals surface area (Å²) in [5.41, 5.74) is 27.5. The molecule has 0 rings (SSSR count). The van der Waals surface area contributed by atoms with Crippen LogP contribution in [0.2, 0.25) is 0 Å². The van der Waals surface area contributed by atoms with Crippen LogP contribution in [0.4, 0.5) is 0 Å². The zero-order valence-corrected chi connectivity index (χ0v) is 16.1. The molecule has 0 bridgehead atoms. The first-order valence-corrected chi connectivity index (χ1v) is 9.39. The third-order valence-corrected chi connectivity index (χ3v) is 3.92. The van der Waals surface area contributed by atoms with Gasteiger partial charge in [0.1, 0.15) is 18.1 Å². The van der Waals surface area contributed by atoms with Gasteiger partial charge in [0.05, 0.1) is 0 Å². The zero-order chi connectivity index (χ0) is 21.5. The molecule has 0 aliphatic carbocycles. The minimum Gasteiger partial charge on any atom is -0.392 e. The largest absolute Gasteiger partial charge is 0.392 e. The number of ether oxygens (including phenoxy) is 2. The molecule has 28 heavy (non-hydrogen) atoms. The third-order valence-electron chi connectivity index (χ3n) is 3.92. The number of hydrogen-bond donors (Lipinski definition) is 5. The first-order chi connectivity index (χ1) is 13.2. The minimum absolute atomic E-state index is 0.164. The first kappa shape index (κ1) is 26.1. The van der Waals surface area contributed by atoms with Crippen LogP contribution in [-0.4, -0.2) is 55.1 Å². The molecule has 0 aliphatic rings. The number of rotatable bonds is 14. The molecule has 3 atom stereocenters. The molecule has 0 heterocycles. The average Bonchev–Trinajstić information content (AvgIpc) is 2.65. The Kier molecular flexibility index (Phi) is 14.0. The maximum Gasteiger partial charge on any atom is 0.330 e. The molecule has 0 aliphatic heterocycles. The predicted octanol–water partition coefficient (Wildman–Crippen LogP) is -1.85. The van der Waals surface area contributed by atoms with Gasteiger partial charge in [0, 0.05) is 6.42 Å². The summed E-state index contributed by atoms with van der Waals surface area (Å²) < 4.78 is 9.21. The summed E-state index contributed by atoms with van der Waals surface area (Å²) >= 11 is 0. The van der Waals surface area contributed by atoms with Gasteiger partial charge in [-0.15, -0.1) is 0 Å². The Balaban J connectivity index is 4.18. The van der Waals surface area contributed by atoms with Crippen molar-refractivity contribution in [1.29, 1.82) is 0 Å². The lowest BCUT2D eigenvalue weighted by Crippen LogP contribution is -2.40. The van der Waals surface area contributed by atoms with Gasteiger partial charge in [0.25, 0.3) is 0 Å². The number of hydrogen-bond acceptors (Lipinski definition) is 11. The van der Waals surface area contributed by atoms with E-state index in [0.29, 0.717) is 51.6 Å². The quantitative estimate of drug-likeness (QED) is 0.123. The number of unbranched alkanes of at least 4 members (excludes halogenated alkanes) is 2. The van der Waals surface area contributed by atoms with Crippen LogP contribution in [0.5, 0.6) is 0 Å².